The average Bonchev–Trinajstić information content (AvgIpc) is 3.36. The number of nitrogens with two attached hydrogens (primary N) is 1. The van der Waals surface area contributed by atoms with Crippen molar-refractivity contribution < 1.29 is 33.3 Å². The van der Waals surface area contributed by atoms with E-state index in [-0.39, 0.29) is 17.9 Å². The van der Waals surface area contributed by atoms with Crippen molar-refractivity contribution in [3.05, 3.63) is 46.0 Å². The van der Waals surface area contributed by atoms with Crippen molar-refractivity contribution in [2.75, 3.05) is 64.6 Å². The summed E-state index contributed by atoms with van der Waals surface area (Å²) in [7, 11) is 0. The maximum absolute atomic E-state index is 12.8. The van der Waals surface area contributed by atoms with Gasteiger partial charge >= 0.3 is 6.09 Å². The van der Waals surface area contributed by atoms with Crippen LogP contribution in [-0.4, -0.2) is 92.7 Å². The summed E-state index contributed by atoms with van der Waals surface area (Å²) >= 11 is 1.35. The lowest BCUT2D eigenvalue weighted by Gasteiger charge is -2.29. The van der Waals surface area contributed by atoms with E-state index in [0.29, 0.717) is 94.9 Å². The van der Waals surface area contributed by atoms with Gasteiger partial charge < -0.3 is 34.9 Å². The summed E-state index contributed by atoms with van der Waals surface area (Å²) in [6.07, 6.45) is 1.75. The Morgan fingerprint density at radius 3 is 2.14 bits per heavy atom. The van der Waals surface area contributed by atoms with Crippen LogP contribution in [0.4, 0.5) is 9.93 Å². The molecule has 2 heterocycles. The van der Waals surface area contributed by atoms with Crippen molar-refractivity contribution in [1.82, 2.24) is 15.2 Å². The van der Waals surface area contributed by atoms with Crippen LogP contribution < -0.4 is 16.4 Å². The fourth-order valence-corrected chi connectivity index (χ4v) is 4.90. The Labute approximate surface area is 251 Å². The monoisotopic (exact) mass is 605 g/mol. The first kappa shape index (κ1) is 33.4. The largest absolute Gasteiger partial charge is 0.444 e. The minimum atomic E-state index is -0.563. The Morgan fingerprint density at radius 1 is 0.929 bits per heavy atom. The number of hydrogen-bond donors (Lipinski definition) is 3. The zero-order valence-corrected chi connectivity index (χ0v) is 25.6. The van der Waals surface area contributed by atoms with Gasteiger partial charge in [0.05, 0.1) is 38.7 Å². The third kappa shape index (κ3) is 11.6. The molecule has 0 spiro atoms. The van der Waals surface area contributed by atoms with E-state index in [4.69, 9.17) is 24.7 Å². The Balaban J connectivity index is 1.32. The van der Waals surface area contributed by atoms with Gasteiger partial charge in [-0.15, -0.1) is 0 Å². The second kappa shape index (κ2) is 17.1. The summed E-state index contributed by atoms with van der Waals surface area (Å²) in [5.41, 5.74) is 6.58. The molecule has 0 radical (unpaired) electrons. The average molecular weight is 606 g/mol. The third-order valence-corrected chi connectivity index (χ3v) is 7.00. The highest BCUT2D eigenvalue weighted by atomic mass is 32.1. The molecule has 0 saturated carbocycles. The number of ether oxygens (including phenoxy) is 4. The molecule has 12 nitrogen and oxygen atoms in total. The van der Waals surface area contributed by atoms with Gasteiger partial charge in [-0.05, 0) is 64.4 Å². The van der Waals surface area contributed by atoms with E-state index in [2.05, 4.69) is 15.6 Å². The van der Waals surface area contributed by atoms with Crippen LogP contribution in [0, 0.1) is 0 Å². The van der Waals surface area contributed by atoms with Crippen LogP contribution in [0.3, 0.4) is 0 Å². The normalized spacial score (nSPS) is 13.0. The molecule has 3 amide bonds. The molecule has 42 heavy (non-hydrogen) atoms. The van der Waals surface area contributed by atoms with Gasteiger partial charge in [-0.1, -0.05) is 11.3 Å². The Morgan fingerprint density at radius 2 is 1.52 bits per heavy atom. The fraction of sp³-hybridized carbons (Fsp3) is 0.586. The van der Waals surface area contributed by atoms with E-state index in [1.54, 1.807) is 29.2 Å². The van der Waals surface area contributed by atoms with Gasteiger partial charge in [0, 0.05) is 48.7 Å². The summed E-state index contributed by atoms with van der Waals surface area (Å²) in [4.78, 5) is 44.7. The van der Waals surface area contributed by atoms with Crippen molar-refractivity contribution >= 4 is 34.4 Å². The maximum Gasteiger partial charge on any atom is 0.410 e. The molecule has 13 heteroatoms. The van der Waals surface area contributed by atoms with Crippen molar-refractivity contribution in [1.29, 1.82) is 0 Å². The molecular weight excluding hydrogens is 562 g/mol. The SMILES string of the molecule is CC(C)(C)OC(=O)N1CCc2nc(NC(=O)c3ccc(C(=O)NCCCOCCOCCOCCCN)cc3)sc2C1. The van der Waals surface area contributed by atoms with E-state index >= 15 is 0 Å². The number of hydrogen-bond acceptors (Lipinski definition) is 10. The summed E-state index contributed by atoms with van der Waals surface area (Å²) in [5, 5.41) is 6.15. The maximum atomic E-state index is 12.8. The third-order valence-electron chi connectivity index (χ3n) is 6.00. The van der Waals surface area contributed by atoms with E-state index in [1.165, 1.54) is 11.3 Å². The van der Waals surface area contributed by atoms with Gasteiger partial charge in [0.25, 0.3) is 11.8 Å². The predicted octanol–water partition coefficient (Wildman–Crippen LogP) is 3.21. The highest BCUT2D eigenvalue weighted by Gasteiger charge is 2.28. The zero-order valence-electron chi connectivity index (χ0n) is 24.7. The van der Waals surface area contributed by atoms with Gasteiger partial charge in [-0.2, -0.15) is 0 Å². The van der Waals surface area contributed by atoms with Gasteiger partial charge in [0.15, 0.2) is 5.13 Å². The number of nitrogens with zero attached hydrogens (tertiary/aromatic N) is 2. The van der Waals surface area contributed by atoms with E-state index in [1.807, 2.05) is 20.8 Å². The lowest BCUT2D eigenvalue weighted by molar-refractivity contribution is 0.0141. The van der Waals surface area contributed by atoms with Crippen molar-refractivity contribution in [3.8, 4) is 0 Å². The Bertz CT molecular complexity index is 1150. The molecule has 0 bridgehead atoms. The molecule has 1 aliphatic rings. The second-order valence-corrected chi connectivity index (χ2v) is 11.7. The Hall–Kier alpha value is -3.10. The molecule has 3 rings (SSSR count). The molecule has 0 saturated heterocycles. The lowest BCUT2D eigenvalue weighted by atomic mass is 10.1. The molecule has 1 aliphatic heterocycles. The van der Waals surface area contributed by atoms with Crippen LogP contribution in [-0.2, 0) is 31.9 Å². The van der Waals surface area contributed by atoms with Crippen molar-refractivity contribution in [2.45, 2.75) is 52.2 Å². The van der Waals surface area contributed by atoms with Crippen molar-refractivity contribution in [3.63, 3.8) is 0 Å². The van der Waals surface area contributed by atoms with Crippen molar-refractivity contribution in [2.24, 2.45) is 5.73 Å². The minimum absolute atomic E-state index is 0.220. The minimum Gasteiger partial charge on any atom is -0.444 e. The molecular formula is C29H43N5O7S. The predicted molar refractivity (Wildman–Crippen MR) is 160 cm³/mol. The zero-order chi connectivity index (χ0) is 30.4. The van der Waals surface area contributed by atoms with Crippen LogP contribution in [0.25, 0.3) is 0 Å². The highest BCUT2D eigenvalue weighted by molar-refractivity contribution is 7.15. The number of carbonyl (C=O) groups excluding carboxylic acids is 3. The van der Waals surface area contributed by atoms with E-state index in [9.17, 15) is 14.4 Å². The number of aromatic nitrogens is 1. The van der Waals surface area contributed by atoms with Gasteiger partial charge in [-0.25, -0.2) is 9.78 Å². The molecule has 0 fully saturated rings. The number of fused-ring (bicyclic) bond motifs is 1. The lowest BCUT2D eigenvalue weighted by Crippen LogP contribution is -2.39. The van der Waals surface area contributed by atoms with Crippen LogP contribution in [0.2, 0.25) is 0 Å². The molecule has 232 valence electrons. The van der Waals surface area contributed by atoms with Gasteiger partial charge in [0.2, 0.25) is 0 Å². The number of amides is 3. The Kier molecular flexibility index (Phi) is 13.6. The summed E-state index contributed by atoms with van der Waals surface area (Å²) in [5.74, 6) is -0.542. The summed E-state index contributed by atoms with van der Waals surface area (Å²) < 4.78 is 21.7. The first-order valence-electron chi connectivity index (χ1n) is 14.3. The topological polar surface area (TPSA) is 154 Å². The van der Waals surface area contributed by atoms with Crippen LogP contribution >= 0.6 is 11.3 Å². The van der Waals surface area contributed by atoms with Crippen LogP contribution in [0.15, 0.2) is 24.3 Å². The van der Waals surface area contributed by atoms with E-state index < -0.39 is 5.60 Å². The van der Waals surface area contributed by atoms with Crippen LogP contribution in [0.1, 0.15) is 64.9 Å². The number of carbonyl (C=O) groups is 3. The molecule has 0 aliphatic carbocycles. The highest BCUT2D eigenvalue weighted by Crippen LogP contribution is 2.29. The summed E-state index contributed by atoms with van der Waals surface area (Å²) in [6, 6.07) is 6.44. The number of anilines is 1. The molecule has 0 atom stereocenters. The molecule has 4 N–H and O–H groups in total. The number of nitrogens with one attached hydrogen (secondary N) is 2. The van der Waals surface area contributed by atoms with Gasteiger partial charge in [0.1, 0.15) is 5.60 Å². The van der Waals surface area contributed by atoms with Crippen LogP contribution in [0.5, 0.6) is 0 Å². The summed E-state index contributed by atoms with van der Waals surface area (Å²) in [6.45, 7) is 10.7. The standard InChI is InChI=1S/C29H43N5O7S/c1-29(2,3)41-28(37)34-13-10-23-24(20-34)42-27(32-23)33-26(36)22-8-6-21(7-9-22)25(35)31-12-5-15-39-17-19-40-18-16-38-14-4-11-30/h6-9H,4-5,10-20,30H2,1-3H3,(H,31,35)(H,32,33,36). The fourth-order valence-electron chi connectivity index (χ4n) is 3.88. The number of benzene rings is 1. The number of rotatable bonds is 16. The van der Waals surface area contributed by atoms with Gasteiger partial charge in [-0.3, -0.25) is 14.9 Å². The molecule has 0 unspecified atom stereocenters. The molecule has 1 aromatic heterocycles. The van der Waals surface area contributed by atoms with E-state index in [0.717, 1.165) is 17.0 Å². The quantitative estimate of drug-likeness (QED) is 0.245. The molecule has 2 aromatic rings. The second-order valence-electron chi connectivity index (χ2n) is 10.7. The smallest absolute Gasteiger partial charge is 0.410 e. The molecule has 1 aromatic carbocycles. The number of thiazole rings is 1. The first-order chi connectivity index (χ1) is 20.2. The first-order valence-corrected chi connectivity index (χ1v) is 15.1.